The topological polar surface area (TPSA) is 86.7 Å². The lowest BCUT2D eigenvalue weighted by molar-refractivity contribution is -0.148. The lowest BCUT2D eigenvalue weighted by atomic mass is 9.82. The predicted octanol–water partition coefficient (Wildman–Crippen LogP) is 7.42. The summed E-state index contributed by atoms with van der Waals surface area (Å²) in [7, 11) is 0. The third-order valence-electron chi connectivity index (χ3n) is 6.57. The van der Waals surface area contributed by atoms with Crippen LogP contribution >= 0.6 is 0 Å². The minimum Gasteiger partial charge on any atom is -0.461 e. The maximum Gasteiger partial charge on any atom is 0.306 e. The van der Waals surface area contributed by atoms with Crippen LogP contribution in [0.1, 0.15) is 97.6 Å². The van der Waals surface area contributed by atoms with E-state index in [-0.39, 0.29) is 80.7 Å². The Hall–Kier alpha value is -3.28. The van der Waals surface area contributed by atoms with E-state index in [0.717, 1.165) is 11.1 Å². The van der Waals surface area contributed by atoms with Crippen LogP contribution in [0.4, 0.5) is 0 Å². The summed E-state index contributed by atoms with van der Waals surface area (Å²) >= 11 is 0. The molecule has 0 aliphatic heterocycles. The molecule has 2 rings (SSSR count). The molecule has 0 fully saturated rings. The molecule has 0 saturated carbocycles. The minimum absolute atomic E-state index is 0. The van der Waals surface area contributed by atoms with Crippen molar-refractivity contribution in [3.8, 4) is 0 Å². The molecule has 0 saturated heterocycles. The maximum absolute atomic E-state index is 12.4. The zero-order valence-corrected chi connectivity index (χ0v) is 23.3. The maximum atomic E-state index is 12.4. The molecular weight excluding hydrogens is 492 g/mol. The smallest absolute Gasteiger partial charge is 0.306 e. The van der Waals surface area contributed by atoms with Crippen molar-refractivity contribution < 1.29 is 28.7 Å². The van der Waals surface area contributed by atoms with Gasteiger partial charge in [0.25, 0.3) is 0 Å². The van der Waals surface area contributed by atoms with Gasteiger partial charge in [0.1, 0.15) is 24.8 Å². The lowest BCUT2D eigenvalue weighted by Gasteiger charge is -2.23. The van der Waals surface area contributed by atoms with E-state index in [0.29, 0.717) is 25.7 Å². The number of esters is 2. The minimum atomic E-state index is -0.368. The number of hydrogen-bond donors (Lipinski definition) is 0. The third kappa shape index (κ3) is 15.0. The van der Waals surface area contributed by atoms with Crippen molar-refractivity contribution in [3.05, 3.63) is 71.8 Å². The van der Waals surface area contributed by atoms with Crippen LogP contribution in [0.25, 0.3) is 0 Å². The van der Waals surface area contributed by atoms with Gasteiger partial charge in [-0.05, 0) is 34.8 Å². The van der Waals surface area contributed by atoms with E-state index >= 15 is 0 Å². The van der Waals surface area contributed by atoms with Crippen LogP contribution in [-0.2, 0) is 41.9 Å². The van der Waals surface area contributed by atoms with E-state index in [1.54, 1.807) is 0 Å². The molecule has 0 bridgehead atoms. The zero-order chi connectivity index (χ0) is 28.0. The van der Waals surface area contributed by atoms with Crippen LogP contribution in [-0.4, -0.2) is 23.5 Å². The molecule has 0 aliphatic rings. The average Bonchev–Trinajstić information content (AvgIpc) is 2.88. The van der Waals surface area contributed by atoms with Gasteiger partial charge in [0, 0.05) is 25.7 Å². The Labute approximate surface area is 234 Å². The van der Waals surface area contributed by atoms with Gasteiger partial charge in [-0.3, -0.25) is 19.2 Å². The van der Waals surface area contributed by atoms with Gasteiger partial charge in [-0.2, -0.15) is 0 Å². The lowest BCUT2D eigenvalue weighted by Crippen LogP contribution is -2.21. The summed E-state index contributed by atoms with van der Waals surface area (Å²) in [6.07, 6.45) is 2.62. The number of hydrogen-bond acceptors (Lipinski definition) is 6. The molecule has 0 radical (unpaired) electrons. The van der Waals surface area contributed by atoms with E-state index in [4.69, 9.17) is 9.47 Å². The number of benzene rings is 2. The Bertz CT molecular complexity index is 955. The molecule has 2 aromatic rings. The van der Waals surface area contributed by atoms with E-state index in [1.807, 2.05) is 88.4 Å². The van der Waals surface area contributed by atoms with Crippen LogP contribution in [0.15, 0.2) is 60.7 Å². The Kier molecular flexibility index (Phi) is 14.4. The number of carbonyl (C=O) groups excluding carboxylic acids is 4. The second-order valence-electron chi connectivity index (χ2n) is 11.6. The van der Waals surface area contributed by atoms with Crippen molar-refractivity contribution >= 4 is 23.5 Å². The summed E-state index contributed by atoms with van der Waals surface area (Å²) in [4.78, 5) is 49.3. The second kappa shape index (κ2) is 16.6. The summed E-state index contributed by atoms with van der Waals surface area (Å²) in [6.45, 7) is 8.26. The molecule has 0 amide bonds. The van der Waals surface area contributed by atoms with Crippen LogP contribution < -0.4 is 0 Å². The van der Waals surface area contributed by atoms with Crippen molar-refractivity contribution in [2.75, 3.05) is 0 Å². The first-order chi connectivity index (χ1) is 17.9. The SMILES string of the molecule is C.CC(C)(CCC(=O)CCC(=O)CCC(C)(C)CC(=O)OCc1ccccc1)CC(=O)OCc1ccccc1. The van der Waals surface area contributed by atoms with Crippen LogP contribution in [0.3, 0.4) is 0 Å². The van der Waals surface area contributed by atoms with Crippen molar-refractivity contribution in [3.63, 3.8) is 0 Å². The highest BCUT2D eigenvalue weighted by atomic mass is 16.5. The molecule has 214 valence electrons. The number of carbonyl (C=O) groups is 4. The normalized spacial score (nSPS) is 11.3. The fraction of sp³-hybridized carbons (Fsp3) is 0.515. The zero-order valence-electron chi connectivity index (χ0n) is 23.3. The number of Topliss-reactive ketones (excluding diaryl/α,β-unsaturated/α-hetero) is 2. The van der Waals surface area contributed by atoms with Gasteiger partial charge in [-0.25, -0.2) is 0 Å². The van der Waals surface area contributed by atoms with Gasteiger partial charge in [0.2, 0.25) is 0 Å². The van der Waals surface area contributed by atoms with Crippen LogP contribution in [0.2, 0.25) is 0 Å². The van der Waals surface area contributed by atoms with Gasteiger partial charge in [-0.1, -0.05) is 95.8 Å². The van der Waals surface area contributed by atoms with Gasteiger partial charge in [-0.15, -0.1) is 0 Å². The quantitative estimate of drug-likeness (QED) is 0.195. The Morgan fingerprint density at radius 1 is 0.564 bits per heavy atom. The van der Waals surface area contributed by atoms with E-state index in [9.17, 15) is 19.2 Å². The van der Waals surface area contributed by atoms with Gasteiger partial charge >= 0.3 is 11.9 Å². The highest BCUT2D eigenvalue weighted by Gasteiger charge is 2.26. The fourth-order valence-electron chi connectivity index (χ4n) is 4.02. The summed E-state index contributed by atoms with van der Waals surface area (Å²) in [5, 5.41) is 0. The Morgan fingerprint density at radius 2 is 0.897 bits per heavy atom. The van der Waals surface area contributed by atoms with Crippen molar-refractivity contribution in [1.82, 2.24) is 0 Å². The molecule has 6 nitrogen and oxygen atoms in total. The standard InChI is InChI=1S/C32H42O6.CH4/c1-31(2,21-29(35)37-23-25-11-7-5-8-12-25)19-17-27(33)15-16-28(34)18-20-32(3,4)22-30(36)38-24-26-13-9-6-10-14-26;/h5-14H,15-24H2,1-4H3;1H4. The molecule has 0 atom stereocenters. The summed E-state index contributed by atoms with van der Waals surface area (Å²) < 4.78 is 10.7. The van der Waals surface area contributed by atoms with E-state index in [2.05, 4.69) is 0 Å². The first-order valence-electron chi connectivity index (χ1n) is 13.4. The van der Waals surface area contributed by atoms with Crippen LogP contribution in [0.5, 0.6) is 0 Å². The molecule has 0 aromatic heterocycles. The largest absolute Gasteiger partial charge is 0.461 e. The van der Waals surface area contributed by atoms with Gasteiger partial charge in [0.15, 0.2) is 0 Å². The number of ether oxygens (including phenoxy) is 2. The highest BCUT2D eigenvalue weighted by molar-refractivity contribution is 5.86. The highest BCUT2D eigenvalue weighted by Crippen LogP contribution is 2.29. The van der Waals surface area contributed by atoms with E-state index < -0.39 is 0 Å². The molecule has 0 aliphatic carbocycles. The molecule has 0 heterocycles. The predicted molar refractivity (Wildman–Crippen MR) is 154 cm³/mol. The summed E-state index contributed by atoms with van der Waals surface area (Å²) in [6, 6.07) is 19.0. The number of ketones is 2. The molecule has 6 heteroatoms. The first kappa shape index (κ1) is 33.7. The first-order valence-corrected chi connectivity index (χ1v) is 13.4. The Balaban J connectivity index is 0.00000760. The Morgan fingerprint density at radius 3 is 1.23 bits per heavy atom. The molecule has 0 N–H and O–H groups in total. The third-order valence-corrected chi connectivity index (χ3v) is 6.57. The summed E-state index contributed by atoms with van der Waals surface area (Å²) in [5.41, 5.74) is 1.13. The molecule has 2 aromatic carbocycles. The molecule has 39 heavy (non-hydrogen) atoms. The van der Waals surface area contributed by atoms with Crippen LogP contribution in [0, 0.1) is 10.8 Å². The summed E-state index contributed by atoms with van der Waals surface area (Å²) in [5.74, 6) is -0.526. The number of rotatable bonds is 17. The van der Waals surface area contributed by atoms with Gasteiger partial charge < -0.3 is 9.47 Å². The van der Waals surface area contributed by atoms with Crippen molar-refractivity contribution in [2.24, 2.45) is 10.8 Å². The van der Waals surface area contributed by atoms with Crippen molar-refractivity contribution in [2.45, 2.75) is 99.7 Å². The monoisotopic (exact) mass is 538 g/mol. The van der Waals surface area contributed by atoms with E-state index in [1.165, 1.54) is 0 Å². The van der Waals surface area contributed by atoms with Crippen molar-refractivity contribution in [1.29, 1.82) is 0 Å². The van der Waals surface area contributed by atoms with Gasteiger partial charge in [0.05, 0.1) is 12.8 Å². The fourth-order valence-corrected chi connectivity index (χ4v) is 4.02. The molecule has 0 unspecified atom stereocenters. The molecular formula is C33H46O6. The molecule has 0 spiro atoms. The second-order valence-corrected chi connectivity index (χ2v) is 11.6. The average molecular weight is 539 g/mol.